The molecule has 3 N–H and O–H groups in total. The van der Waals surface area contributed by atoms with Gasteiger partial charge in [0.1, 0.15) is 11.9 Å². The number of fused-ring (bicyclic) bond motifs is 1. The van der Waals surface area contributed by atoms with Crippen molar-refractivity contribution in [3.8, 4) is 0 Å². The van der Waals surface area contributed by atoms with Gasteiger partial charge in [0.25, 0.3) is 0 Å². The van der Waals surface area contributed by atoms with Crippen molar-refractivity contribution in [2.24, 2.45) is 0 Å². The van der Waals surface area contributed by atoms with Gasteiger partial charge in [-0.1, -0.05) is 6.07 Å². The zero-order valence-corrected chi connectivity index (χ0v) is 16.3. The summed E-state index contributed by atoms with van der Waals surface area (Å²) in [6, 6.07) is 12.5. The second kappa shape index (κ2) is 8.22. The summed E-state index contributed by atoms with van der Waals surface area (Å²) in [6.07, 6.45) is 3.62. The van der Waals surface area contributed by atoms with Crippen LogP contribution in [0.25, 0.3) is 10.9 Å². The lowest BCUT2D eigenvalue weighted by Gasteiger charge is -2.35. The molecule has 1 aliphatic heterocycles. The number of rotatable bonds is 4. The van der Waals surface area contributed by atoms with E-state index in [4.69, 9.17) is 0 Å². The molecule has 0 bridgehead atoms. The lowest BCUT2D eigenvalue weighted by molar-refractivity contribution is -0.117. The first-order valence-corrected chi connectivity index (χ1v) is 9.69. The van der Waals surface area contributed by atoms with Crippen molar-refractivity contribution in [2.45, 2.75) is 13.0 Å². The number of hydrogen-bond donors (Lipinski definition) is 3. The maximum Gasteiger partial charge on any atom is 0.318 e. The molecule has 1 aromatic carbocycles. The number of hydrogen-bond acceptors (Lipinski definition) is 4. The highest BCUT2D eigenvalue weighted by Gasteiger charge is 2.24. The average Bonchev–Trinajstić information content (AvgIpc) is 3.22. The van der Waals surface area contributed by atoms with E-state index >= 15 is 0 Å². The first-order valence-electron chi connectivity index (χ1n) is 9.69. The van der Waals surface area contributed by atoms with Crippen molar-refractivity contribution in [2.75, 3.05) is 36.4 Å². The number of aromatic amines is 1. The molecule has 0 aliphatic carbocycles. The molecule has 0 radical (unpaired) electrons. The van der Waals surface area contributed by atoms with Gasteiger partial charge in [-0.2, -0.15) is 0 Å². The van der Waals surface area contributed by atoms with Crippen molar-refractivity contribution in [3.63, 3.8) is 0 Å². The maximum atomic E-state index is 12.5. The second-order valence-electron chi connectivity index (χ2n) is 7.10. The normalized spacial score (nSPS) is 15.2. The number of carbonyl (C=O) groups excluding carboxylic acids is 2. The van der Waals surface area contributed by atoms with Gasteiger partial charge in [-0.25, -0.2) is 9.78 Å². The molecule has 3 amide bonds. The highest BCUT2D eigenvalue weighted by atomic mass is 16.2. The van der Waals surface area contributed by atoms with Crippen LogP contribution in [0.1, 0.15) is 6.92 Å². The summed E-state index contributed by atoms with van der Waals surface area (Å²) >= 11 is 0. The van der Waals surface area contributed by atoms with E-state index in [1.165, 1.54) is 0 Å². The van der Waals surface area contributed by atoms with Crippen LogP contribution in [0.15, 0.2) is 54.9 Å². The zero-order chi connectivity index (χ0) is 20.2. The van der Waals surface area contributed by atoms with Crippen LogP contribution in [0.5, 0.6) is 0 Å². The SMILES string of the molecule is CC(NC(=O)N1CCN(c2ccccn2)CC1)C(=O)Nc1ccc2[nH]ccc2c1. The molecule has 3 heterocycles. The first kappa shape index (κ1) is 18.8. The van der Waals surface area contributed by atoms with Gasteiger partial charge in [-0.05, 0) is 43.3 Å². The summed E-state index contributed by atoms with van der Waals surface area (Å²) in [6.45, 7) is 4.28. The third-order valence-electron chi connectivity index (χ3n) is 5.09. The molecule has 1 unspecified atom stereocenters. The number of piperazine rings is 1. The number of H-pyrrole nitrogens is 1. The first-order chi connectivity index (χ1) is 14.1. The van der Waals surface area contributed by atoms with E-state index in [1.54, 1.807) is 18.0 Å². The third kappa shape index (κ3) is 4.31. The van der Waals surface area contributed by atoms with Crippen LogP contribution in [0.2, 0.25) is 0 Å². The molecule has 1 atom stereocenters. The Kier molecular flexibility index (Phi) is 5.33. The fourth-order valence-electron chi connectivity index (χ4n) is 3.40. The van der Waals surface area contributed by atoms with Crippen molar-refractivity contribution in [1.82, 2.24) is 20.2 Å². The Balaban J connectivity index is 1.28. The van der Waals surface area contributed by atoms with E-state index in [0.717, 1.165) is 16.7 Å². The molecule has 4 rings (SSSR count). The summed E-state index contributed by atoms with van der Waals surface area (Å²) in [7, 11) is 0. The smallest absolute Gasteiger partial charge is 0.318 e. The predicted octanol–water partition coefficient (Wildman–Crippen LogP) is 2.42. The zero-order valence-electron chi connectivity index (χ0n) is 16.3. The molecule has 8 nitrogen and oxygen atoms in total. The molecule has 0 spiro atoms. The number of aromatic nitrogens is 2. The van der Waals surface area contributed by atoms with E-state index in [2.05, 4.69) is 25.5 Å². The minimum absolute atomic E-state index is 0.227. The summed E-state index contributed by atoms with van der Waals surface area (Å²) in [5.74, 6) is 0.667. The van der Waals surface area contributed by atoms with Gasteiger partial charge >= 0.3 is 6.03 Å². The molecular formula is C21H24N6O2. The number of nitrogens with one attached hydrogen (secondary N) is 3. The Hall–Kier alpha value is -3.55. The second-order valence-corrected chi connectivity index (χ2v) is 7.10. The van der Waals surface area contributed by atoms with Crippen LogP contribution < -0.4 is 15.5 Å². The molecule has 1 aliphatic rings. The van der Waals surface area contributed by atoms with Gasteiger partial charge in [-0.3, -0.25) is 4.79 Å². The number of amides is 3. The monoisotopic (exact) mass is 392 g/mol. The molecular weight excluding hydrogens is 368 g/mol. The topological polar surface area (TPSA) is 93.4 Å². The molecule has 0 saturated carbocycles. The van der Waals surface area contributed by atoms with Crippen LogP contribution in [0.3, 0.4) is 0 Å². The summed E-state index contributed by atoms with van der Waals surface area (Å²) in [4.78, 5) is 36.4. The summed E-state index contributed by atoms with van der Waals surface area (Å²) in [5, 5.41) is 6.67. The fraction of sp³-hybridized carbons (Fsp3) is 0.286. The number of nitrogens with zero attached hydrogens (tertiary/aromatic N) is 3. The van der Waals surface area contributed by atoms with Gasteiger partial charge in [0.15, 0.2) is 0 Å². The molecule has 3 aromatic rings. The van der Waals surface area contributed by atoms with Crippen molar-refractivity contribution < 1.29 is 9.59 Å². The summed E-state index contributed by atoms with van der Waals surface area (Å²) in [5.41, 5.74) is 1.71. The number of anilines is 2. The van der Waals surface area contributed by atoms with E-state index in [0.29, 0.717) is 31.9 Å². The Morgan fingerprint density at radius 1 is 1.10 bits per heavy atom. The van der Waals surface area contributed by atoms with E-state index in [1.807, 2.05) is 48.7 Å². The number of pyridine rings is 1. The quantitative estimate of drug-likeness (QED) is 0.636. The van der Waals surface area contributed by atoms with Crippen molar-refractivity contribution >= 4 is 34.3 Å². The van der Waals surface area contributed by atoms with Crippen molar-refractivity contribution in [1.29, 1.82) is 0 Å². The Morgan fingerprint density at radius 3 is 2.69 bits per heavy atom. The molecule has 8 heteroatoms. The number of benzene rings is 1. The molecule has 1 saturated heterocycles. The van der Waals surface area contributed by atoms with E-state index < -0.39 is 6.04 Å². The van der Waals surface area contributed by atoms with Gasteiger partial charge in [0.05, 0.1) is 0 Å². The molecule has 2 aromatic heterocycles. The highest BCUT2D eigenvalue weighted by Crippen LogP contribution is 2.18. The van der Waals surface area contributed by atoms with Gasteiger partial charge in [-0.15, -0.1) is 0 Å². The number of carbonyl (C=O) groups is 2. The fourth-order valence-corrected chi connectivity index (χ4v) is 3.40. The van der Waals surface area contributed by atoms with Gasteiger partial charge in [0, 0.05) is 55.2 Å². The average molecular weight is 392 g/mol. The lowest BCUT2D eigenvalue weighted by Crippen LogP contribution is -2.54. The Labute approximate surface area is 168 Å². The molecule has 1 fully saturated rings. The lowest BCUT2D eigenvalue weighted by atomic mass is 10.2. The van der Waals surface area contributed by atoms with Gasteiger partial charge < -0.3 is 25.4 Å². The van der Waals surface area contributed by atoms with Crippen LogP contribution in [-0.4, -0.2) is 59.0 Å². The minimum Gasteiger partial charge on any atom is -0.361 e. The molecule has 150 valence electrons. The largest absolute Gasteiger partial charge is 0.361 e. The van der Waals surface area contributed by atoms with Crippen LogP contribution in [0, 0.1) is 0 Å². The predicted molar refractivity (Wildman–Crippen MR) is 113 cm³/mol. The van der Waals surface area contributed by atoms with Crippen LogP contribution >= 0.6 is 0 Å². The third-order valence-corrected chi connectivity index (χ3v) is 5.09. The maximum absolute atomic E-state index is 12.5. The van der Waals surface area contributed by atoms with E-state index in [9.17, 15) is 9.59 Å². The van der Waals surface area contributed by atoms with Crippen LogP contribution in [0.4, 0.5) is 16.3 Å². The van der Waals surface area contributed by atoms with Crippen LogP contribution in [-0.2, 0) is 4.79 Å². The summed E-state index contributed by atoms with van der Waals surface area (Å²) < 4.78 is 0. The number of urea groups is 1. The standard InChI is InChI=1S/C21H24N6O2/c1-15(20(28)25-17-5-6-18-16(14-17)7-9-22-18)24-21(29)27-12-10-26(11-13-27)19-4-2-3-8-23-19/h2-9,14-15,22H,10-13H2,1H3,(H,24,29)(H,25,28). The Bertz CT molecular complexity index is 995. The highest BCUT2D eigenvalue weighted by molar-refractivity contribution is 5.98. The Morgan fingerprint density at radius 2 is 1.93 bits per heavy atom. The molecule has 29 heavy (non-hydrogen) atoms. The van der Waals surface area contributed by atoms with Gasteiger partial charge in [0.2, 0.25) is 5.91 Å². The van der Waals surface area contributed by atoms with Crippen molar-refractivity contribution in [3.05, 3.63) is 54.9 Å². The minimum atomic E-state index is -0.641. The van der Waals surface area contributed by atoms with E-state index in [-0.39, 0.29) is 11.9 Å².